The molecule has 0 spiro atoms. The normalized spacial score (nSPS) is 10.2. The largest absolute Gasteiger partial charge is 0.369 e. The van der Waals surface area contributed by atoms with Gasteiger partial charge in [-0.25, -0.2) is 4.39 Å². The van der Waals surface area contributed by atoms with Gasteiger partial charge in [-0.05, 0) is 37.3 Å². The van der Waals surface area contributed by atoms with Crippen molar-refractivity contribution in [2.75, 3.05) is 17.2 Å². The zero-order valence-corrected chi connectivity index (χ0v) is 11.4. The molecule has 1 aromatic heterocycles. The summed E-state index contributed by atoms with van der Waals surface area (Å²) in [6, 6.07) is 7.19. The average molecular weight is 295 g/mol. The fraction of sp³-hybridized carbons (Fsp3) is 0.154. The Bertz CT molecular complexity index is 618. The molecule has 2 rings (SSSR count). The molecule has 0 aliphatic heterocycles. The van der Waals surface area contributed by atoms with Crippen LogP contribution in [0, 0.1) is 5.82 Å². The van der Waals surface area contributed by atoms with Crippen LogP contribution in [-0.2, 0) is 0 Å². The van der Waals surface area contributed by atoms with Crippen LogP contribution in [0.25, 0.3) is 0 Å². The number of aromatic nitrogens is 2. The first kappa shape index (κ1) is 14.2. The van der Waals surface area contributed by atoms with Gasteiger partial charge >= 0.3 is 0 Å². The second-order valence-corrected chi connectivity index (χ2v) is 4.32. The Hall–Kier alpha value is -2.21. The number of hydrogen-bond acceptors (Lipinski definition) is 4. The third-order valence-electron chi connectivity index (χ3n) is 2.43. The van der Waals surface area contributed by atoms with E-state index >= 15 is 0 Å². The molecule has 0 saturated carbocycles. The summed E-state index contributed by atoms with van der Waals surface area (Å²) in [5.74, 6) is -0.484. The van der Waals surface area contributed by atoms with E-state index in [4.69, 9.17) is 11.6 Å². The molecule has 1 aromatic carbocycles. The van der Waals surface area contributed by atoms with Crippen LogP contribution in [0.5, 0.6) is 0 Å². The average Bonchev–Trinajstić information content (AvgIpc) is 2.44. The molecule has 0 saturated heterocycles. The quantitative estimate of drug-likeness (QED) is 0.910. The highest BCUT2D eigenvalue weighted by Gasteiger charge is 2.10. The number of hydrogen-bond donors (Lipinski definition) is 2. The van der Waals surface area contributed by atoms with E-state index in [2.05, 4.69) is 20.8 Å². The Balaban J connectivity index is 2.09. The van der Waals surface area contributed by atoms with E-state index in [9.17, 15) is 9.18 Å². The maximum Gasteiger partial charge on any atom is 0.276 e. The van der Waals surface area contributed by atoms with E-state index in [0.717, 1.165) is 6.07 Å². The maximum absolute atomic E-state index is 13.3. The van der Waals surface area contributed by atoms with Crippen LogP contribution < -0.4 is 10.6 Å². The molecule has 0 unspecified atom stereocenters. The van der Waals surface area contributed by atoms with E-state index in [1.54, 1.807) is 6.07 Å². The lowest BCUT2D eigenvalue weighted by Gasteiger charge is -2.06. The van der Waals surface area contributed by atoms with Gasteiger partial charge in [-0.1, -0.05) is 11.6 Å². The van der Waals surface area contributed by atoms with Gasteiger partial charge in [0.25, 0.3) is 5.91 Å². The maximum atomic E-state index is 13.3. The monoisotopic (exact) mass is 294 g/mol. The Morgan fingerprint density at radius 1 is 1.30 bits per heavy atom. The molecule has 0 fully saturated rings. The Morgan fingerprint density at radius 2 is 2.10 bits per heavy atom. The molecule has 1 amide bonds. The van der Waals surface area contributed by atoms with Crippen molar-refractivity contribution < 1.29 is 9.18 Å². The molecule has 0 radical (unpaired) electrons. The van der Waals surface area contributed by atoms with Gasteiger partial charge in [-0.2, -0.15) is 0 Å². The summed E-state index contributed by atoms with van der Waals surface area (Å²) in [5.41, 5.74) is 0.441. The summed E-state index contributed by atoms with van der Waals surface area (Å²) in [7, 11) is 0. The summed E-state index contributed by atoms with van der Waals surface area (Å²) in [6.07, 6.45) is 0. The number of carbonyl (C=O) groups excluding carboxylic acids is 1. The third-order valence-corrected chi connectivity index (χ3v) is 2.74. The summed E-state index contributed by atoms with van der Waals surface area (Å²) in [6.45, 7) is 2.64. The fourth-order valence-electron chi connectivity index (χ4n) is 1.50. The van der Waals surface area contributed by atoms with Crippen LogP contribution in [0.15, 0.2) is 30.3 Å². The van der Waals surface area contributed by atoms with Crippen molar-refractivity contribution in [2.24, 2.45) is 0 Å². The molecule has 20 heavy (non-hydrogen) atoms. The lowest BCUT2D eigenvalue weighted by atomic mass is 10.3. The first-order chi connectivity index (χ1) is 9.60. The van der Waals surface area contributed by atoms with Crippen molar-refractivity contribution >= 4 is 29.0 Å². The number of anilines is 2. The van der Waals surface area contributed by atoms with E-state index in [1.807, 2.05) is 6.92 Å². The van der Waals surface area contributed by atoms with E-state index in [0.29, 0.717) is 18.1 Å². The minimum atomic E-state index is -0.599. The lowest BCUT2D eigenvalue weighted by Crippen LogP contribution is -2.15. The number of rotatable bonds is 4. The SMILES string of the molecule is CCNc1ccc(C(=O)Nc2ccc(Cl)c(F)c2)nn1. The Morgan fingerprint density at radius 3 is 2.70 bits per heavy atom. The van der Waals surface area contributed by atoms with Crippen LogP contribution >= 0.6 is 11.6 Å². The van der Waals surface area contributed by atoms with E-state index < -0.39 is 11.7 Å². The number of nitrogens with zero attached hydrogens (tertiary/aromatic N) is 2. The van der Waals surface area contributed by atoms with Gasteiger partial charge in [0.05, 0.1) is 5.02 Å². The molecule has 104 valence electrons. The van der Waals surface area contributed by atoms with Gasteiger partial charge in [-0.3, -0.25) is 4.79 Å². The molecule has 0 atom stereocenters. The van der Waals surface area contributed by atoms with Crippen LogP contribution in [0.2, 0.25) is 5.02 Å². The van der Waals surface area contributed by atoms with Crippen LogP contribution in [0.1, 0.15) is 17.4 Å². The third kappa shape index (κ3) is 3.42. The first-order valence-corrected chi connectivity index (χ1v) is 6.32. The second kappa shape index (κ2) is 6.29. The number of amides is 1. The predicted octanol–water partition coefficient (Wildman–Crippen LogP) is 2.95. The van der Waals surface area contributed by atoms with Crippen molar-refractivity contribution in [3.8, 4) is 0 Å². The molecule has 2 N–H and O–H groups in total. The van der Waals surface area contributed by atoms with Gasteiger partial charge in [0.1, 0.15) is 11.6 Å². The number of carbonyl (C=O) groups is 1. The Labute approximate surface area is 120 Å². The van der Waals surface area contributed by atoms with Crippen molar-refractivity contribution in [1.82, 2.24) is 10.2 Å². The highest BCUT2D eigenvalue weighted by Crippen LogP contribution is 2.19. The van der Waals surface area contributed by atoms with Gasteiger partial charge < -0.3 is 10.6 Å². The second-order valence-electron chi connectivity index (χ2n) is 3.92. The summed E-state index contributed by atoms with van der Waals surface area (Å²) >= 11 is 5.56. The number of halogens is 2. The molecule has 0 aliphatic carbocycles. The fourth-order valence-corrected chi connectivity index (χ4v) is 1.62. The zero-order valence-electron chi connectivity index (χ0n) is 10.7. The standard InChI is InChI=1S/C13H12ClFN4O/c1-2-16-12-6-5-11(18-19-12)13(20)17-8-3-4-9(14)10(15)7-8/h3-7H,2H2,1H3,(H,16,19)(H,17,20). The van der Waals surface area contributed by atoms with E-state index in [1.165, 1.54) is 18.2 Å². The molecule has 0 bridgehead atoms. The smallest absolute Gasteiger partial charge is 0.276 e. The van der Waals surface area contributed by atoms with Crippen LogP contribution in [-0.4, -0.2) is 22.6 Å². The van der Waals surface area contributed by atoms with Crippen LogP contribution in [0.4, 0.5) is 15.9 Å². The van der Waals surface area contributed by atoms with Gasteiger partial charge in [0, 0.05) is 12.2 Å². The van der Waals surface area contributed by atoms with Crippen molar-refractivity contribution in [3.63, 3.8) is 0 Å². The lowest BCUT2D eigenvalue weighted by molar-refractivity contribution is 0.102. The molecule has 2 aromatic rings. The zero-order chi connectivity index (χ0) is 14.5. The topological polar surface area (TPSA) is 66.9 Å². The molecule has 5 nitrogen and oxygen atoms in total. The van der Waals surface area contributed by atoms with Crippen molar-refractivity contribution in [2.45, 2.75) is 6.92 Å². The van der Waals surface area contributed by atoms with Gasteiger partial charge in [-0.15, -0.1) is 10.2 Å². The predicted molar refractivity (Wildman–Crippen MR) is 75.6 cm³/mol. The minimum Gasteiger partial charge on any atom is -0.369 e. The summed E-state index contributed by atoms with van der Waals surface area (Å²) in [4.78, 5) is 11.9. The minimum absolute atomic E-state index is 0.00205. The highest BCUT2D eigenvalue weighted by molar-refractivity contribution is 6.30. The van der Waals surface area contributed by atoms with Crippen LogP contribution in [0.3, 0.4) is 0 Å². The summed E-state index contributed by atoms with van der Waals surface area (Å²) in [5, 5.41) is 13.1. The number of benzene rings is 1. The van der Waals surface area contributed by atoms with Gasteiger partial charge in [0.15, 0.2) is 5.69 Å². The highest BCUT2D eigenvalue weighted by atomic mass is 35.5. The molecule has 0 aliphatic rings. The van der Waals surface area contributed by atoms with Crippen molar-refractivity contribution in [1.29, 1.82) is 0 Å². The van der Waals surface area contributed by atoms with E-state index in [-0.39, 0.29) is 10.7 Å². The molecular formula is C13H12ClFN4O. The van der Waals surface area contributed by atoms with Gasteiger partial charge in [0.2, 0.25) is 0 Å². The Kier molecular flexibility index (Phi) is 4.47. The molecular weight excluding hydrogens is 283 g/mol. The summed E-state index contributed by atoms with van der Waals surface area (Å²) < 4.78 is 13.3. The van der Waals surface area contributed by atoms with Crippen molar-refractivity contribution in [3.05, 3.63) is 46.9 Å². The molecule has 1 heterocycles. The number of nitrogens with one attached hydrogen (secondary N) is 2. The first-order valence-electron chi connectivity index (χ1n) is 5.94. The molecule has 7 heteroatoms.